The molecule has 0 saturated heterocycles. The third-order valence-electron chi connectivity index (χ3n) is 10.6. The molecule has 0 aromatic heterocycles. The minimum Gasteiger partial charge on any atom is -0.462 e. The van der Waals surface area contributed by atoms with Crippen LogP contribution in [0.4, 0.5) is 0 Å². The largest absolute Gasteiger partial charge is 0.462 e. The van der Waals surface area contributed by atoms with E-state index in [1.807, 2.05) is 6.08 Å². The second kappa shape index (κ2) is 55.6. The molecule has 0 radical (unpaired) electrons. The van der Waals surface area contributed by atoms with E-state index in [1.54, 1.807) is 6.08 Å². The second-order valence-electron chi connectivity index (χ2n) is 17.0. The molecule has 0 aliphatic carbocycles. The lowest BCUT2D eigenvalue weighted by atomic mass is 10.1. The topological polar surface area (TPSA) is 78.9 Å². The molecule has 0 aromatic rings. The molecule has 0 spiro atoms. The fraction of sp³-hybridized carbons (Fsp3) is 0.540. The Bertz CT molecular complexity index is 1610. The fourth-order valence-electron chi connectivity index (χ4n) is 6.59. The summed E-state index contributed by atoms with van der Waals surface area (Å²) in [6, 6.07) is 0. The summed E-state index contributed by atoms with van der Waals surface area (Å²) in [5.41, 5.74) is 0. The molecule has 0 aliphatic rings. The Hall–Kier alpha value is -4.97. The highest BCUT2D eigenvalue weighted by molar-refractivity contribution is 5.72. The molecule has 6 heteroatoms. The highest BCUT2D eigenvalue weighted by Crippen LogP contribution is 2.11. The van der Waals surface area contributed by atoms with E-state index in [-0.39, 0.29) is 31.6 Å². The third kappa shape index (κ3) is 53.8. The van der Waals surface area contributed by atoms with E-state index in [0.29, 0.717) is 19.3 Å². The highest BCUT2D eigenvalue weighted by atomic mass is 16.6. The molecule has 0 saturated carbocycles. The van der Waals surface area contributed by atoms with Crippen LogP contribution in [0.1, 0.15) is 201 Å². The van der Waals surface area contributed by atoms with Gasteiger partial charge in [-0.1, -0.05) is 230 Å². The lowest BCUT2D eigenvalue weighted by Gasteiger charge is -2.18. The van der Waals surface area contributed by atoms with Crippen molar-refractivity contribution in [2.75, 3.05) is 13.2 Å². The van der Waals surface area contributed by atoms with Crippen molar-refractivity contribution in [1.82, 2.24) is 0 Å². The first kappa shape index (κ1) is 64.0. The molecule has 384 valence electrons. The summed E-state index contributed by atoms with van der Waals surface area (Å²) in [5.74, 6) is -1.11. The van der Waals surface area contributed by atoms with Crippen molar-refractivity contribution in [3.63, 3.8) is 0 Å². The normalized spacial score (nSPS) is 13.4. The van der Waals surface area contributed by atoms with E-state index in [0.717, 1.165) is 128 Å². The molecule has 0 aromatic carbocycles. The summed E-state index contributed by atoms with van der Waals surface area (Å²) in [6.07, 6.45) is 81.4. The Kier molecular flexibility index (Phi) is 51.6. The lowest BCUT2D eigenvalue weighted by molar-refractivity contribution is -0.166. The predicted octanol–water partition coefficient (Wildman–Crippen LogP) is 18.2. The van der Waals surface area contributed by atoms with Crippen LogP contribution in [0.2, 0.25) is 0 Å². The minimum atomic E-state index is -0.847. The van der Waals surface area contributed by atoms with Crippen molar-refractivity contribution < 1.29 is 28.6 Å². The summed E-state index contributed by atoms with van der Waals surface area (Å²) in [5, 5.41) is 0. The molecule has 0 heterocycles. The van der Waals surface area contributed by atoms with E-state index in [2.05, 4.69) is 167 Å². The Labute approximate surface area is 422 Å². The first-order chi connectivity index (χ1) is 34.0. The van der Waals surface area contributed by atoms with Crippen LogP contribution in [0, 0.1) is 0 Å². The first-order valence-corrected chi connectivity index (χ1v) is 27.0. The molecule has 0 aliphatic heterocycles. The highest BCUT2D eigenvalue weighted by Gasteiger charge is 2.19. The second-order valence-corrected chi connectivity index (χ2v) is 17.0. The molecule has 6 nitrogen and oxygen atoms in total. The molecule has 0 N–H and O–H groups in total. The zero-order chi connectivity index (χ0) is 50.0. The van der Waals surface area contributed by atoms with Gasteiger partial charge < -0.3 is 14.2 Å². The molecule has 69 heavy (non-hydrogen) atoms. The number of unbranched alkanes of at least 4 members (excludes halogenated alkanes) is 10. The van der Waals surface area contributed by atoms with Crippen LogP contribution in [0.15, 0.2) is 158 Å². The van der Waals surface area contributed by atoms with E-state index in [4.69, 9.17) is 14.2 Å². The number of hydrogen-bond donors (Lipinski definition) is 0. The zero-order valence-electron chi connectivity index (χ0n) is 43.8. The Balaban J connectivity index is 4.36. The average molecular weight is 949 g/mol. The Morgan fingerprint density at radius 1 is 0.319 bits per heavy atom. The quantitative estimate of drug-likeness (QED) is 0.0262. The average Bonchev–Trinajstić information content (AvgIpc) is 3.35. The van der Waals surface area contributed by atoms with E-state index < -0.39 is 12.1 Å². The molecule has 0 amide bonds. The van der Waals surface area contributed by atoms with Gasteiger partial charge in [-0.2, -0.15) is 0 Å². The van der Waals surface area contributed by atoms with Gasteiger partial charge in [0.15, 0.2) is 6.10 Å². The number of carbonyl (C=O) groups excluding carboxylic acids is 3. The SMILES string of the molecule is CC/C=C\C/C=C\C/C=C\C/C=C\C/C=C\C/C=C\C/C=C\C/C=C\CCCCCCC(=O)OCC(COC(=O)CCCCCCCCC)OC(=O)C/C=C\C/C=C\C/C=C\C/C=C\C/C=C\CC. The van der Waals surface area contributed by atoms with Gasteiger partial charge in [0.05, 0.1) is 6.42 Å². The predicted molar refractivity (Wildman–Crippen MR) is 297 cm³/mol. The van der Waals surface area contributed by atoms with Gasteiger partial charge in [0.25, 0.3) is 0 Å². The molecule has 1 unspecified atom stereocenters. The van der Waals surface area contributed by atoms with Crippen molar-refractivity contribution in [3.8, 4) is 0 Å². The molecule has 0 rings (SSSR count). The van der Waals surface area contributed by atoms with Crippen LogP contribution in [-0.2, 0) is 28.6 Å². The van der Waals surface area contributed by atoms with Crippen LogP contribution in [0.5, 0.6) is 0 Å². The summed E-state index contributed by atoms with van der Waals surface area (Å²) in [7, 11) is 0. The molecule has 0 fully saturated rings. The number of hydrogen-bond acceptors (Lipinski definition) is 6. The number of carbonyl (C=O) groups is 3. The van der Waals surface area contributed by atoms with Gasteiger partial charge in [-0.05, 0) is 109 Å². The van der Waals surface area contributed by atoms with Crippen molar-refractivity contribution >= 4 is 17.9 Å². The summed E-state index contributed by atoms with van der Waals surface area (Å²) in [4.78, 5) is 37.8. The Morgan fingerprint density at radius 3 is 0.957 bits per heavy atom. The molecular formula is C63H96O6. The van der Waals surface area contributed by atoms with Crippen LogP contribution in [-0.4, -0.2) is 37.2 Å². The van der Waals surface area contributed by atoms with E-state index >= 15 is 0 Å². The van der Waals surface area contributed by atoms with Crippen molar-refractivity contribution in [3.05, 3.63) is 158 Å². The van der Waals surface area contributed by atoms with Gasteiger partial charge in [0.1, 0.15) is 13.2 Å². The summed E-state index contributed by atoms with van der Waals surface area (Å²) in [6.45, 7) is 6.23. The summed E-state index contributed by atoms with van der Waals surface area (Å²) < 4.78 is 16.6. The van der Waals surface area contributed by atoms with Gasteiger partial charge >= 0.3 is 17.9 Å². The van der Waals surface area contributed by atoms with E-state index in [1.165, 1.54) is 25.7 Å². The number of allylic oxidation sites excluding steroid dienone is 25. The van der Waals surface area contributed by atoms with Gasteiger partial charge in [-0.3, -0.25) is 14.4 Å². The maximum absolute atomic E-state index is 12.7. The molecule has 1 atom stereocenters. The number of rotatable bonds is 46. The van der Waals surface area contributed by atoms with Crippen LogP contribution in [0.25, 0.3) is 0 Å². The smallest absolute Gasteiger partial charge is 0.310 e. The monoisotopic (exact) mass is 949 g/mol. The van der Waals surface area contributed by atoms with Crippen LogP contribution < -0.4 is 0 Å². The van der Waals surface area contributed by atoms with Crippen LogP contribution in [0.3, 0.4) is 0 Å². The minimum absolute atomic E-state index is 0.0842. The third-order valence-corrected chi connectivity index (χ3v) is 10.6. The van der Waals surface area contributed by atoms with Crippen molar-refractivity contribution in [1.29, 1.82) is 0 Å². The first-order valence-electron chi connectivity index (χ1n) is 27.0. The number of esters is 3. The molecule has 0 bridgehead atoms. The Morgan fingerprint density at radius 2 is 0.609 bits per heavy atom. The van der Waals surface area contributed by atoms with Crippen molar-refractivity contribution in [2.24, 2.45) is 0 Å². The van der Waals surface area contributed by atoms with Gasteiger partial charge in [-0.25, -0.2) is 0 Å². The van der Waals surface area contributed by atoms with Gasteiger partial charge in [0.2, 0.25) is 0 Å². The van der Waals surface area contributed by atoms with Crippen LogP contribution >= 0.6 is 0 Å². The lowest BCUT2D eigenvalue weighted by Crippen LogP contribution is -2.30. The zero-order valence-corrected chi connectivity index (χ0v) is 43.8. The van der Waals surface area contributed by atoms with Crippen molar-refractivity contribution in [2.45, 2.75) is 207 Å². The number of ether oxygens (including phenoxy) is 3. The fourth-order valence-corrected chi connectivity index (χ4v) is 6.59. The maximum Gasteiger partial charge on any atom is 0.310 e. The van der Waals surface area contributed by atoms with Gasteiger partial charge in [-0.15, -0.1) is 0 Å². The van der Waals surface area contributed by atoms with Gasteiger partial charge in [0, 0.05) is 12.8 Å². The standard InChI is InChI=1S/C63H96O6/c1-4-7-10-13-16-18-20-22-24-25-26-27-28-29-30-31-32-33-34-35-36-37-39-40-42-44-47-50-53-56-62(65)68-59-60(58-67-61(64)55-52-49-46-15-12-9-6-3)69-63(66)57-54-51-48-45-43-41-38-23-21-19-17-14-11-8-5-2/h7-8,10-11,16-19,22-24,26-27,29-30,32-33,35-36,38-40,43,45,51,54,60H,4-6,9,12-15,20-21,25,28,31,34,37,41-42,44,46-50,52-53,55-59H2,1-3H3/b10-7-,11-8-,18-16-,19-17-,24-22-,27-26-,30-29-,33-32-,36-35-,38-23-,40-39-,45-43-,54-51-. The summed E-state index contributed by atoms with van der Waals surface area (Å²) >= 11 is 0. The van der Waals surface area contributed by atoms with E-state index in [9.17, 15) is 14.4 Å². The molecular weight excluding hydrogens is 853 g/mol. The maximum atomic E-state index is 12.7.